The summed E-state index contributed by atoms with van der Waals surface area (Å²) >= 11 is 0. The molecule has 1 aliphatic heterocycles. The molecule has 0 N–H and O–H groups in total. The van der Waals surface area contributed by atoms with Crippen molar-refractivity contribution in [2.75, 3.05) is 31.1 Å². The van der Waals surface area contributed by atoms with E-state index in [0.717, 1.165) is 37.6 Å². The molecule has 2 aromatic heterocycles. The summed E-state index contributed by atoms with van der Waals surface area (Å²) in [6.07, 6.45) is 1.84. The fourth-order valence-electron chi connectivity index (χ4n) is 3.08. The maximum absolute atomic E-state index is 5.85. The lowest BCUT2D eigenvalue weighted by Gasteiger charge is -2.34. The fraction of sp³-hybridized carbons (Fsp3) is 0.316. The third-order valence-corrected chi connectivity index (χ3v) is 4.44. The number of rotatable bonds is 4. The Morgan fingerprint density at radius 2 is 1.88 bits per heavy atom. The number of hydrogen-bond acceptors (Lipinski definition) is 6. The molecule has 1 aliphatic rings. The van der Waals surface area contributed by atoms with Crippen LogP contribution in [0.2, 0.25) is 0 Å². The highest BCUT2D eigenvalue weighted by molar-refractivity contribution is 5.53. The van der Waals surface area contributed by atoms with E-state index in [9.17, 15) is 0 Å². The summed E-state index contributed by atoms with van der Waals surface area (Å²) in [5, 5.41) is 8.40. The minimum Gasteiger partial charge on any atom is -0.419 e. The molecule has 0 bridgehead atoms. The van der Waals surface area contributed by atoms with Gasteiger partial charge in [-0.15, -0.1) is 10.2 Å². The first-order valence-electron chi connectivity index (χ1n) is 8.56. The second kappa shape index (κ2) is 7.03. The normalized spacial score (nSPS) is 15.5. The minimum atomic E-state index is 0.589. The molecule has 0 atom stereocenters. The number of aromatic nitrogens is 3. The van der Waals surface area contributed by atoms with Crippen LogP contribution in [0.1, 0.15) is 11.5 Å². The minimum absolute atomic E-state index is 0.589. The van der Waals surface area contributed by atoms with E-state index in [1.807, 2.05) is 30.5 Å². The first-order valence-corrected chi connectivity index (χ1v) is 8.56. The average molecular weight is 335 g/mol. The van der Waals surface area contributed by atoms with Gasteiger partial charge in [0.1, 0.15) is 5.82 Å². The van der Waals surface area contributed by atoms with E-state index in [2.05, 4.69) is 50.1 Å². The van der Waals surface area contributed by atoms with E-state index in [1.54, 1.807) is 0 Å². The summed E-state index contributed by atoms with van der Waals surface area (Å²) in [4.78, 5) is 9.07. The Morgan fingerprint density at radius 3 is 2.64 bits per heavy atom. The van der Waals surface area contributed by atoms with E-state index >= 15 is 0 Å². The van der Waals surface area contributed by atoms with Gasteiger partial charge in [-0.2, -0.15) is 0 Å². The average Bonchev–Trinajstić information content (AvgIpc) is 3.12. The quantitative estimate of drug-likeness (QED) is 0.731. The first-order chi connectivity index (χ1) is 12.3. The van der Waals surface area contributed by atoms with Crippen molar-refractivity contribution in [1.82, 2.24) is 20.1 Å². The lowest BCUT2D eigenvalue weighted by Crippen LogP contribution is -2.46. The Balaban J connectivity index is 1.36. The topological polar surface area (TPSA) is 58.3 Å². The molecule has 0 saturated carbocycles. The molecular weight excluding hydrogens is 314 g/mol. The smallest absolute Gasteiger partial charge is 0.247 e. The van der Waals surface area contributed by atoms with Gasteiger partial charge in [0.15, 0.2) is 0 Å². The molecule has 6 heteroatoms. The van der Waals surface area contributed by atoms with Gasteiger partial charge in [0.05, 0.1) is 6.54 Å². The summed E-state index contributed by atoms with van der Waals surface area (Å²) < 4.78 is 5.85. The molecule has 1 aromatic carbocycles. The van der Waals surface area contributed by atoms with Crippen LogP contribution in [0.3, 0.4) is 0 Å². The molecule has 0 radical (unpaired) electrons. The van der Waals surface area contributed by atoms with Crippen LogP contribution >= 0.6 is 0 Å². The lowest BCUT2D eigenvalue weighted by atomic mass is 10.1. The van der Waals surface area contributed by atoms with Crippen molar-refractivity contribution in [2.45, 2.75) is 13.5 Å². The maximum atomic E-state index is 5.85. The van der Waals surface area contributed by atoms with Gasteiger partial charge in [-0.3, -0.25) is 4.90 Å². The molecule has 4 rings (SSSR count). The van der Waals surface area contributed by atoms with Crippen molar-refractivity contribution >= 4 is 5.82 Å². The maximum Gasteiger partial charge on any atom is 0.247 e. The second-order valence-electron chi connectivity index (χ2n) is 6.32. The van der Waals surface area contributed by atoms with Crippen LogP contribution in [0.15, 0.2) is 53.1 Å². The van der Waals surface area contributed by atoms with Crippen molar-refractivity contribution in [1.29, 1.82) is 0 Å². The third-order valence-electron chi connectivity index (χ3n) is 4.44. The predicted molar refractivity (Wildman–Crippen MR) is 96.2 cm³/mol. The highest BCUT2D eigenvalue weighted by Crippen LogP contribution is 2.20. The predicted octanol–water partition coefficient (Wildman–Crippen LogP) is 2.76. The molecule has 128 valence electrons. The molecule has 0 spiro atoms. The van der Waals surface area contributed by atoms with Crippen molar-refractivity contribution in [3.05, 3.63) is 60.1 Å². The summed E-state index contributed by atoms with van der Waals surface area (Å²) in [5.74, 6) is 2.30. The van der Waals surface area contributed by atoms with E-state index in [4.69, 9.17) is 4.42 Å². The van der Waals surface area contributed by atoms with Gasteiger partial charge in [0, 0.05) is 37.9 Å². The van der Waals surface area contributed by atoms with Crippen molar-refractivity contribution in [3.8, 4) is 11.5 Å². The number of pyridine rings is 1. The molecule has 0 aliphatic carbocycles. The largest absolute Gasteiger partial charge is 0.419 e. The van der Waals surface area contributed by atoms with Gasteiger partial charge < -0.3 is 9.32 Å². The lowest BCUT2D eigenvalue weighted by molar-refractivity contribution is 0.226. The zero-order valence-electron chi connectivity index (χ0n) is 14.3. The fourth-order valence-corrected chi connectivity index (χ4v) is 3.08. The van der Waals surface area contributed by atoms with Crippen molar-refractivity contribution in [2.24, 2.45) is 0 Å². The molecule has 25 heavy (non-hydrogen) atoms. The van der Waals surface area contributed by atoms with E-state index in [-0.39, 0.29) is 0 Å². The van der Waals surface area contributed by atoms with Crippen molar-refractivity contribution in [3.63, 3.8) is 0 Å². The van der Waals surface area contributed by atoms with Gasteiger partial charge >= 0.3 is 0 Å². The highest BCUT2D eigenvalue weighted by atomic mass is 16.4. The molecule has 3 aromatic rings. The van der Waals surface area contributed by atoms with Crippen LogP contribution in [0, 0.1) is 6.92 Å². The highest BCUT2D eigenvalue weighted by Gasteiger charge is 2.20. The number of nitrogens with zero attached hydrogens (tertiary/aromatic N) is 5. The Morgan fingerprint density at radius 1 is 1.00 bits per heavy atom. The van der Waals surface area contributed by atoms with Gasteiger partial charge in [-0.05, 0) is 31.2 Å². The summed E-state index contributed by atoms with van der Waals surface area (Å²) in [5.41, 5.74) is 2.15. The zero-order chi connectivity index (χ0) is 17.1. The zero-order valence-corrected chi connectivity index (χ0v) is 14.3. The summed E-state index contributed by atoms with van der Waals surface area (Å²) in [6.45, 7) is 6.57. The van der Waals surface area contributed by atoms with E-state index < -0.39 is 0 Å². The number of piperazine rings is 1. The molecule has 0 amide bonds. The molecule has 0 unspecified atom stereocenters. The van der Waals surface area contributed by atoms with E-state index in [1.165, 1.54) is 5.56 Å². The van der Waals surface area contributed by atoms with Crippen LogP contribution in [0.5, 0.6) is 0 Å². The summed E-state index contributed by atoms with van der Waals surface area (Å²) in [6, 6.07) is 14.1. The van der Waals surface area contributed by atoms with Gasteiger partial charge in [-0.1, -0.05) is 23.8 Å². The number of benzene rings is 1. The summed E-state index contributed by atoms with van der Waals surface area (Å²) in [7, 11) is 0. The molecule has 6 nitrogen and oxygen atoms in total. The van der Waals surface area contributed by atoms with Gasteiger partial charge in [0.25, 0.3) is 0 Å². The SMILES string of the molecule is Cc1cccc(-c2nnc(CN3CCN(c4ccccn4)CC3)o2)c1. The van der Waals surface area contributed by atoms with Crippen LogP contribution in [0.25, 0.3) is 11.5 Å². The van der Waals surface area contributed by atoms with Crippen LogP contribution in [-0.2, 0) is 6.54 Å². The molecule has 1 fully saturated rings. The third kappa shape index (κ3) is 3.69. The molecular formula is C19H21N5O. The second-order valence-corrected chi connectivity index (χ2v) is 6.32. The van der Waals surface area contributed by atoms with Crippen LogP contribution in [-0.4, -0.2) is 46.3 Å². The monoisotopic (exact) mass is 335 g/mol. The van der Waals surface area contributed by atoms with Crippen molar-refractivity contribution < 1.29 is 4.42 Å². The first kappa shape index (κ1) is 15.8. The standard InChI is InChI=1S/C19H21N5O/c1-15-5-4-6-16(13-15)19-22-21-18(25-19)14-23-9-11-24(12-10-23)17-7-2-3-8-20-17/h2-8,13H,9-12,14H2,1H3. The number of aryl methyl sites for hydroxylation is 1. The number of hydrogen-bond donors (Lipinski definition) is 0. The Bertz CT molecular complexity index is 825. The van der Waals surface area contributed by atoms with Crippen LogP contribution in [0.4, 0.5) is 5.82 Å². The molecule has 3 heterocycles. The van der Waals surface area contributed by atoms with Gasteiger partial charge in [-0.25, -0.2) is 4.98 Å². The molecule has 1 saturated heterocycles. The Hall–Kier alpha value is -2.73. The number of anilines is 1. The Kier molecular flexibility index (Phi) is 4.43. The van der Waals surface area contributed by atoms with Crippen LogP contribution < -0.4 is 4.90 Å². The Labute approximate surface area is 147 Å². The van der Waals surface area contributed by atoms with E-state index in [0.29, 0.717) is 18.3 Å². The van der Waals surface area contributed by atoms with Gasteiger partial charge in [0.2, 0.25) is 11.8 Å².